The van der Waals surface area contributed by atoms with Gasteiger partial charge in [-0.05, 0) is 13.5 Å². The maximum absolute atomic E-state index is 11.5. The van der Waals surface area contributed by atoms with Crippen molar-refractivity contribution >= 4 is 21.2 Å². The molecule has 2 heterocycles. The number of rotatable bonds is 4. The zero-order valence-corrected chi connectivity index (χ0v) is 13.5. The molecule has 0 radical (unpaired) electrons. The summed E-state index contributed by atoms with van der Waals surface area (Å²) in [6.45, 7) is 0.698. The van der Waals surface area contributed by atoms with E-state index >= 15 is 0 Å². The molecule has 0 amide bonds. The van der Waals surface area contributed by atoms with Crippen LogP contribution in [0.2, 0.25) is 0 Å². The van der Waals surface area contributed by atoms with Crippen LogP contribution in [0.5, 0.6) is 0 Å². The largest absolute Gasteiger partial charge is 0.297 e. The van der Waals surface area contributed by atoms with Crippen molar-refractivity contribution in [3.63, 3.8) is 0 Å². The lowest BCUT2D eigenvalue weighted by molar-refractivity contribution is 0.251. The minimum atomic E-state index is -2.83. The maximum Gasteiger partial charge on any atom is 0.151 e. The van der Waals surface area contributed by atoms with Gasteiger partial charge in [0, 0.05) is 23.5 Å². The predicted octanol–water partition coefficient (Wildman–Crippen LogP) is 2.43. The summed E-state index contributed by atoms with van der Waals surface area (Å²) in [5, 5.41) is 3.07. The number of hydrogen-bond acceptors (Lipinski definition) is 5. The molecule has 1 aromatic carbocycles. The third-order valence-electron chi connectivity index (χ3n) is 3.82. The lowest BCUT2D eigenvalue weighted by Crippen LogP contribution is -2.32. The molecule has 0 bridgehead atoms. The van der Waals surface area contributed by atoms with Crippen molar-refractivity contribution < 1.29 is 8.42 Å². The molecule has 0 N–H and O–H groups in total. The SMILES string of the molecule is CN(Cc1csc(-c2ccccc2)n1)[C@H]1CCS(=O)(=O)C1. The highest BCUT2D eigenvalue weighted by molar-refractivity contribution is 7.91. The zero-order valence-electron chi connectivity index (χ0n) is 11.9. The highest BCUT2D eigenvalue weighted by Crippen LogP contribution is 2.25. The van der Waals surface area contributed by atoms with E-state index in [1.54, 1.807) is 11.3 Å². The highest BCUT2D eigenvalue weighted by atomic mass is 32.2. The lowest BCUT2D eigenvalue weighted by atomic mass is 10.2. The third kappa shape index (κ3) is 3.51. The summed E-state index contributed by atoms with van der Waals surface area (Å²) in [5.41, 5.74) is 2.13. The van der Waals surface area contributed by atoms with Gasteiger partial charge in [0.1, 0.15) is 5.01 Å². The van der Waals surface area contributed by atoms with Gasteiger partial charge in [0.2, 0.25) is 0 Å². The first-order valence-electron chi connectivity index (χ1n) is 6.94. The van der Waals surface area contributed by atoms with Crippen LogP contribution in [0.15, 0.2) is 35.7 Å². The number of thiazole rings is 1. The second-order valence-corrected chi connectivity index (χ2v) is 8.57. The average molecular weight is 322 g/mol. The molecule has 2 aromatic rings. The molecule has 112 valence electrons. The Hall–Kier alpha value is -1.24. The predicted molar refractivity (Wildman–Crippen MR) is 86.1 cm³/mol. The Labute approximate surface area is 129 Å². The summed E-state index contributed by atoms with van der Waals surface area (Å²) in [6, 6.07) is 10.2. The number of aromatic nitrogens is 1. The number of benzene rings is 1. The lowest BCUT2D eigenvalue weighted by Gasteiger charge is -2.21. The van der Waals surface area contributed by atoms with Crippen LogP contribution < -0.4 is 0 Å². The monoisotopic (exact) mass is 322 g/mol. The molecule has 0 spiro atoms. The van der Waals surface area contributed by atoms with E-state index in [9.17, 15) is 8.42 Å². The molecular formula is C15H18N2O2S2. The molecular weight excluding hydrogens is 304 g/mol. The van der Waals surface area contributed by atoms with Crippen LogP contribution in [0.3, 0.4) is 0 Å². The number of nitrogens with zero attached hydrogens (tertiary/aromatic N) is 2. The smallest absolute Gasteiger partial charge is 0.151 e. The van der Waals surface area contributed by atoms with Gasteiger partial charge in [-0.1, -0.05) is 30.3 Å². The maximum atomic E-state index is 11.5. The molecule has 6 heteroatoms. The summed E-state index contributed by atoms with van der Waals surface area (Å²) >= 11 is 1.63. The molecule has 3 rings (SSSR count). The van der Waals surface area contributed by atoms with Crippen molar-refractivity contribution in [1.29, 1.82) is 0 Å². The van der Waals surface area contributed by atoms with Crippen molar-refractivity contribution in [2.75, 3.05) is 18.6 Å². The van der Waals surface area contributed by atoms with E-state index in [-0.39, 0.29) is 11.8 Å². The van der Waals surface area contributed by atoms with Gasteiger partial charge in [0.25, 0.3) is 0 Å². The van der Waals surface area contributed by atoms with Crippen molar-refractivity contribution in [1.82, 2.24) is 9.88 Å². The summed E-state index contributed by atoms with van der Waals surface area (Å²) < 4.78 is 23.1. The van der Waals surface area contributed by atoms with Crippen LogP contribution in [-0.2, 0) is 16.4 Å². The van der Waals surface area contributed by atoms with Gasteiger partial charge in [-0.15, -0.1) is 11.3 Å². The van der Waals surface area contributed by atoms with E-state index in [1.807, 2.05) is 25.2 Å². The Bertz CT molecular complexity index is 710. The van der Waals surface area contributed by atoms with E-state index in [4.69, 9.17) is 0 Å². The summed E-state index contributed by atoms with van der Waals surface area (Å²) in [7, 11) is -0.851. The molecule has 1 saturated heterocycles. The first kappa shape index (κ1) is 14.7. The van der Waals surface area contributed by atoms with E-state index < -0.39 is 9.84 Å². The summed E-state index contributed by atoms with van der Waals surface area (Å²) in [5.74, 6) is 0.591. The second-order valence-electron chi connectivity index (χ2n) is 5.48. The van der Waals surface area contributed by atoms with E-state index in [0.717, 1.165) is 22.7 Å². The normalized spacial score (nSPS) is 21.0. The van der Waals surface area contributed by atoms with Crippen LogP contribution >= 0.6 is 11.3 Å². The van der Waals surface area contributed by atoms with Crippen molar-refractivity contribution in [2.24, 2.45) is 0 Å². The molecule has 1 aromatic heterocycles. The molecule has 1 aliphatic heterocycles. The molecule has 21 heavy (non-hydrogen) atoms. The van der Waals surface area contributed by atoms with Gasteiger partial charge in [-0.3, -0.25) is 4.90 Å². The summed E-state index contributed by atoms with van der Waals surface area (Å²) in [6.07, 6.45) is 0.731. The molecule has 0 aliphatic carbocycles. The molecule has 0 unspecified atom stereocenters. The van der Waals surface area contributed by atoms with E-state index in [0.29, 0.717) is 12.3 Å². The fraction of sp³-hybridized carbons (Fsp3) is 0.400. The Balaban J connectivity index is 1.68. The Morgan fingerprint density at radius 2 is 2.10 bits per heavy atom. The minimum Gasteiger partial charge on any atom is -0.297 e. The van der Waals surface area contributed by atoms with Gasteiger partial charge < -0.3 is 0 Å². The van der Waals surface area contributed by atoms with Gasteiger partial charge in [-0.25, -0.2) is 13.4 Å². The quantitative estimate of drug-likeness (QED) is 0.867. The molecule has 1 atom stereocenters. The van der Waals surface area contributed by atoms with Gasteiger partial charge in [-0.2, -0.15) is 0 Å². The molecule has 4 nitrogen and oxygen atoms in total. The fourth-order valence-electron chi connectivity index (χ4n) is 2.60. The van der Waals surface area contributed by atoms with E-state index in [2.05, 4.69) is 27.4 Å². The third-order valence-corrected chi connectivity index (χ3v) is 6.51. The van der Waals surface area contributed by atoms with Crippen LogP contribution in [0.4, 0.5) is 0 Å². The van der Waals surface area contributed by atoms with Crippen LogP contribution in [0.1, 0.15) is 12.1 Å². The van der Waals surface area contributed by atoms with Crippen LogP contribution in [-0.4, -0.2) is 42.9 Å². The first-order chi connectivity index (χ1) is 10.0. The topological polar surface area (TPSA) is 50.3 Å². The first-order valence-corrected chi connectivity index (χ1v) is 9.64. The average Bonchev–Trinajstić information content (AvgIpc) is 3.06. The van der Waals surface area contributed by atoms with Gasteiger partial charge >= 0.3 is 0 Å². The number of hydrogen-bond donors (Lipinski definition) is 0. The number of sulfone groups is 1. The van der Waals surface area contributed by atoms with E-state index in [1.165, 1.54) is 0 Å². The van der Waals surface area contributed by atoms with Gasteiger partial charge in [0.15, 0.2) is 9.84 Å². The van der Waals surface area contributed by atoms with Crippen LogP contribution in [0.25, 0.3) is 10.6 Å². The Kier molecular flexibility index (Phi) is 4.10. The summed E-state index contributed by atoms with van der Waals surface area (Å²) in [4.78, 5) is 6.76. The second kappa shape index (κ2) is 5.87. The van der Waals surface area contributed by atoms with Gasteiger partial charge in [0.05, 0.1) is 17.2 Å². The zero-order chi connectivity index (χ0) is 14.9. The van der Waals surface area contributed by atoms with Crippen molar-refractivity contribution in [3.8, 4) is 10.6 Å². The standard InChI is InChI=1S/C15H18N2O2S2/c1-17(14-7-8-21(18,19)11-14)9-13-10-20-15(16-13)12-5-3-2-4-6-12/h2-6,10,14H,7-9,11H2,1H3/t14-/m0/s1. The molecule has 1 aliphatic rings. The Morgan fingerprint density at radius 3 is 2.76 bits per heavy atom. The van der Waals surface area contributed by atoms with Crippen molar-refractivity contribution in [3.05, 3.63) is 41.4 Å². The van der Waals surface area contributed by atoms with Crippen molar-refractivity contribution in [2.45, 2.75) is 19.0 Å². The molecule has 1 fully saturated rings. The Morgan fingerprint density at radius 1 is 1.33 bits per heavy atom. The highest BCUT2D eigenvalue weighted by Gasteiger charge is 2.30. The minimum absolute atomic E-state index is 0.122. The fourth-order valence-corrected chi connectivity index (χ4v) is 5.22. The molecule has 0 saturated carbocycles. The van der Waals surface area contributed by atoms with Crippen LogP contribution in [0, 0.1) is 0 Å².